The zero-order chi connectivity index (χ0) is 13.0. The van der Waals surface area contributed by atoms with Crippen LogP contribution in [-0.4, -0.2) is 21.0 Å². The molecule has 0 aliphatic carbocycles. The number of ether oxygens (including phenoxy) is 1. The van der Waals surface area contributed by atoms with Gasteiger partial charge >= 0.3 is 5.69 Å². The molecule has 0 aromatic carbocycles. The van der Waals surface area contributed by atoms with Gasteiger partial charge in [0, 0.05) is 0 Å². The standard InChI is InChI=1S/C10H14ClN3O3/c1-4-5-6(2)17-9-8(14(15)16)7(3)12-10(11)13-9/h6H,4-5H2,1-3H3. The van der Waals surface area contributed by atoms with E-state index in [1.54, 1.807) is 0 Å². The van der Waals surface area contributed by atoms with E-state index in [0.29, 0.717) is 0 Å². The highest BCUT2D eigenvalue weighted by Crippen LogP contribution is 2.29. The number of halogens is 1. The summed E-state index contributed by atoms with van der Waals surface area (Å²) in [6, 6.07) is 0. The molecule has 0 fully saturated rings. The van der Waals surface area contributed by atoms with E-state index in [9.17, 15) is 10.1 Å². The van der Waals surface area contributed by atoms with Crippen molar-refractivity contribution in [3.05, 3.63) is 21.1 Å². The zero-order valence-electron chi connectivity index (χ0n) is 9.94. The van der Waals surface area contributed by atoms with E-state index in [-0.39, 0.29) is 28.6 Å². The summed E-state index contributed by atoms with van der Waals surface area (Å²) in [6.45, 7) is 5.34. The first-order valence-electron chi connectivity index (χ1n) is 5.30. The zero-order valence-corrected chi connectivity index (χ0v) is 10.7. The Morgan fingerprint density at radius 1 is 1.53 bits per heavy atom. The minimum Gasteiger partial charge on any atom is -0.470 e. The molecule has 0 radical (unpaired) electrons. The molecular formula is C10H14ClN3O3. The van der Waals surface area contributed by atoms with Gasteiger partial charge < -0.3 is 4.74 Å². The van der Waals surface area contributed by atoms with Crippen molar-refractivity contribution in [2.24, 2.45) is 0 Å². The van der Waals surface area contributed by atoms with Gasteiger partial charge in [-0.05, 0) is 31.9 Å². The molecule has 1 heterocycles. The maximum Gasteiger partial charge on any atom is 0.352 e. The Balaban J connectivity index is 3.08. The van der Waals surface area contributed by atoms with E-state index < -0.39 is 4.92 Å². The second-order valence-electron chi connectivity index (χ2n) is 3.71. The molecule has 0 saturated heterocycles. The van der Waals surface area contributed by atoms with Gasteiger partial charge in [-0.15, -0.1) is 0 Å². The van der Waals surface area contributed by atoms with Crippen molar-refractivity contribution in [3.8, 4) is 5.88 Å². The Hall–Kier alpha value is -1.43. The molecule has 6 nitrogen and oxygen atoms in total. The number of nitrogens with zero attached hydrogens (tertiary/aromatic N) is 3. The van der Waals surface area contributed by atoms with Crippen LogP contribution in [0, 0.1) is 17.0 Å². The van der Waals surface area contributed by atoms with E-state index in [0.717, 1.165) is 12.8 Å². The summed E-state index contributed by atoms with van der Waals surface area (Å²) in [4.78, 5) is 17.8. The van der Waals surface area contributed by atoms with Crippen LogP contribution in [0.4, 0.5) is 5.69 Å². The lowest BCUT2D eigenvalue weighted by molar-refractivity contribution is -0.387. The Kier molecular flexibility index (Phi) is 4.62. The van der Waals surface area contributed by atoms with Crippen molar-refractivity contribution in [2.45, 2.75) is 39.7 Å². The summed E-state index contributed by atoms with van der Waals surface area (Å²) in [7, 11) is 0. The molecule has 1 atom stereocenters. The van der Waals surface area contributed by atoms with Gasteiger partial charge in [-0.25, -0.2) is 4.98 Å². The van der Waals surface area contributed by atoms with Crippen molar-refractivity contribution in [1.82, 2.24) is 9.97 Å². The number of hydrogen-bond donors (Lipinski definition) is 0. The highest BCUT2D eigenvalue weighted by atomic mass is 35.5. The number of aryl methyl sites for hydroxylation is 1. The molecule has 0 N–H and O–H groups in total. The minimum absolute atomic E-state index is 0.0493. The molecule has 0 bridgehead atoms. The molecule has 0 saturated carbocycles. The summed E-state index contributed by atoms with van der Waals surface area (Å²) in [5.41, 5.74) is -0.0222. The Morgan fingerprint density at radius 3 is 2.71 bits per heavy atom. The molecule has 1 rings (SSSR count). The summed E-state index contributed by atoms with van der Waals surface area (Å²) < 4.78 is 5.43. The Morgan fingerprint density at radius 2 is 2.18 bits per heavy atom. The van der Waals surface area contributed by atoms with Crippen LogP contribution in [0.1, 0.15) is 32.4 Å². The molecule has 0 amide bonds. The van der Waals surface area contributed by atoms with Gasteiger partial charge in [0.1, 0.15) is 5.69 Å². The predicted octanol–water partition coefficient (Wildman–Crippen LogP) is 2.91. The average molecular weight is 260 g/mol. The van der Waals surface area contributed by atoms with Crippen LogP contribution in [0.5, 0.6) is 5.88 Å². The first-order chi connectivity index (χ1) is 7.95. The van der Waals surface area contributed by atoms with Crippen molar-refractivity contribution >= 4 is 17.3 Å². The van der Waals surface area contributed by atoms with E-state index in [1.807, 2.05) is 13.8 Å². The van der Waals surface area contributed by atoms with Gasteiger partial charge in [0.05, 0.1) is 11.0 Å². The van der Waals surface area contributed by atoms with Gasteiger partial charge in [0.15, 0.2) is 0 Å². The molecular weight excluding hydrogens is 246 g/mol. The summed E-state index contributed by atoms with van der Waals surface area (Å²) in [6.07, 6.45) is 1.56. The molecule has 94 valence electrons. The van der Waals surface area contributed by atoms with Gasteiger partial charge in [-0.3, -0.25) is 10.1 Å². The lowest BCUT2D eigenvalue weighted by Gasteiger charge is -2.13. The van der Waals surface area contributed by atoms with Crippen LogP contribution in [-0.2, 0) is 0 Å². The van der Waals surface area contributed by atoms with Crippen molar-refractivity contribution in [2.75, 3.05) is 0 Å². The molecule has 0 aliphatic rings. The normalized spacial score (nSPS) is 12.2. The molecule has 0 spiro atoms. The average Bonchev–Trinajstić information content (AvgIpc) is 2.15. The van der Waals surface area contributed by atoms with Crippen LogP contribution in [0.25, 0.3) is 0 Å². The predicted molar refractivity (Wildman–Crippen MR) is 63.4 cm³/mol. The molecule has 0 aliphatic heterocycles. The minimum atomic E-state index is -0.556. The number of aromatic nitrogens is 2. The van der Waals surface area contributed by atoms with E-state index in [4.69, 9.17) is 16.3 Å². The van der Waals surface area contributed by atoms with Crippen LogP contribution in [0.15, 0.2) is 0 Å². The van der Waals surface area contributed by atoms with Crippen LogP contribution in [0.2, 0.25) is 5.28 Å². The number of nitro groups is 1. The molecule has 7 heteroatoms. The fourth-order valence-corrected chi connectivity index (χ4v) is 1.66. The molecule has 1 aromatic heterocycles. The van der Waals surface area contributed by atoms with Gasteiger partial charge in [0.2, 0.25) is 5.28 Å². The van der Waals surface area contributed by atoms with Crippen molar-refractivity contribution in [3.63, 3.8) is 0 Å². The highest BCUT2D eigenvalue weighted by molar-refractivity contribution is 6.28. The first kappa shape index (κ1) is 13.6. The van der Waals surface area contributed by atoms with Crippen LogP contribution < -0.4 is 4.74 Å². The van der Waals surface area contributed by atoms with Gasteiger partial charge in [-0.1, -0.05) is 13.3 Å². The summed E-state index contributed by atoms with van der Waals surface area (Å²) in [5, 5.41) is 10.8. The third kappa shape index (κ3) is 3.52. The topological polar surface area (TPSA) is 78.2 Å². The van der Waals surface area contributed by atoms with E-state index >= 15 is 0 Å². The number of rotatable bonds is 5. The third-order valence-electron chi connectivity index (χ3n) is 2.19. The smallest absolute Gasteiger partial charge is 0.352 e. The second kappa shape index (κ2) is 5.77. The largest absolute Gasteiger partial charge is 0.470 e. The fraction of sp³-hybridized carbons (Fsp3) is 0.600. The van der Waals surface area contributed by atoms with Crippen LogP contribution in [0.3, 0.4) is 0 Å². The Labute approximate surface area is 104 Å². The van der Waals surface area contributed by atoms with E-state index in [2.05, 4.69) is 9.97 Å². The van der Waals surface area contributed by atoms with Crippen molar-refractivity contribution in [1.29, 1.82) is 0 Å². The SMILES string of the molecule is CCCC(C)Oc1nc(Cl)nc(C)c1[N+](=O)[O-]. The number of hydrogen-bond acceptors (Lipinski definition) is 5. The summed E-state index contributed by atoms with van der Waals surface area (Å²) in [5.74, 6) is -0.0616. The summed E-state index contributed by atoms with van der Waals surface area (Å²) >= 11 is 5.66. The molecule has 1 aromatic rings. The lowest BCUT2D eigenvalue weighted by atomic mass is 10.2. The van der Waals surface area contributed by atoms with Gasteiger partial charge in [0.25, 0.3) is 5.88 Å². The maximum atomic E-state index is 10.9. The highest BCUT2D eigenvalue weighted by Gasteiger charge is 2.24. The second-order valence-corrected chi connectivity index (χ2v) is 4.04. The monoisotopic (exact) mass is 259 g/mol. The maximum absolute atomic E-state index is 10.9. The Bertz CT molecular complexity index is 426. The van der Waals surface area contributed by atoms with Gasteiger partial charge in [-0.2, -0.15) is 4.98 Å². The van der Waals surface area contributed by atoms with Crippen LogP contribution >= 0.6 is 11.6 Å². The lowest BCUT2D eigenvalue weighted by Crippen LogP contribution is -2.14. The quantitative estimate of drug-likeness (QED) is 0.461. The molecule has 1 unspecified atom stereocenters. The third-order valence-corrected chi connectivity index (χ3v) is 2.36. The molecule has 17 heavy (non-hydrogen) atoms. The first-order valence-corrected chi connectivity index (χ1v) is 5.68. The fourth-order valence-electron chi connectivity index (χ4n) is 1.46. The van der Waals surface area contributed by atoms with E-state index in [1.165, 1.54) is 6.92 Å². The van der Waals surface area contributed by atoms with Crippen molar-refractivity contribution < 1.29 is 9.66 Å².